The van der Waals surface area contributed by atoms with E-state index in [0.29, 0.717) is 6.61 Å². The second kappa shape index (κ2) is 10.1. The molecule has 5 rings (SSSR count). The van der Waals surface area contributed by atoms with Crippen LogP contribution in [0.15, 0.2) is 109 Å². The fourth-order valence-electron chi connectivity index (χ4n) is 3.90. The van der Waals surface area contributed by atoms with Crippen LogP contribution in [0, 0.1) is 0 Å². The number of benzene rings is 4. The maximum Gasteiger partial charge on any atom is 0.267 e. The summed E-state index contributed by atoms with van der Waals surface area (Å²) in [4.78, 5) is 16.3. The molecule has 0 fully saturated rings. The lowest BCUT2D eigenvalue weighted by molar-refractivity contribution is -0.124. The molecule has 4 aromatic carbocycles. The molecule has 5 aromatic rings. The Morgan fingerprint density at radius 3 is 2.49 bits per heavy atom. The van der Waals surface area contributed by atoms with Crippen molar-refractivity contribution in [3.05, 3.63) is 120 Å². The van der Waals surface area contributed by atoms with Gasteiger partial charge in [-0.3, -0.25) is 14.6 Å². The first-order valence-electron chi connectivity index (χ1n) is 11.2. The Kier molecular flexibility index (Phi) is 6.37. The Morgan fingerprint density at radius 2 is 1.69 bits per heavy atom. The molecule has 0 saturated heterocycles. The largest absolute Gasteiger partial charge is 0.489 e. The lowest BCUT2D eigenvalue weighted by Gasteiger charge is -2.12. The van der Waals surface area contributed by atoms with Gasteiger partial charge in [0.05, 0.1) is 11.0 Å². The van der Waals surface area contributed by atoms with E-state index in [2.05, 4.69) is 4.57 Å². The summed E-state index contributed by atoms with van der Waals surface area (Å²) >= 11 is 0. The topological polar surface area (TPSA) is 76.4 Å². The number of para-hydroxylation sites is 2. The molecule has 0 unspecified atom stereocenters. The van der Waals surface area contributed by atoms with Crippen LogP contribution < -0.4 is 10.2 Å². The van der Waals surface area contributed by atoms with Crippen LogP contribution >= 0.6 is 0 Å². The fraction of sp³-hybridized carbons (Fsp3) is 0.0345. The number of nitrogens with zero attached hydrogens (tertiary/aromatic N) is 2. The molecule has 0 atom stereocenters. The van der Waals surface area contributed by atoms with Crippen molar-refractivity contribution in [2.45, 2.75) is 6.61 Å². The Balaban J connectivity index is 1.49. The number of amides is 1. The van der Waals surface area contributed by atoms with E-state index < -0.39 is 5.91 Å². The van der Waals surface area contributed by atoms with Gasteiger partial charge in [0.1, 0.15) is 18.2 Å². The Morgan fingerprint density at radius 1 is 0.914 bits per heavy atom. The second-order valence-corrected chi connectivity index (χ2v) is 7.96. The summed E-state index contributed by atoms with van der Waals surface area (Å²) in [6, 6.07) is 33.8. The van der Waals surface area contributed by atoms with Gasteiger partial charge in [0, 0.05) is 17.3 Å². The molecule has 0 radical (unpaired) electrons. The molecule has 0 saturated carbocycles. The maximum absolute atomic E-state index is 11.4. The van der Waals surface area contributed by atoms with Gasteiger partial charge in [-0.05, 0) is 59.7 Å². The van der Waals surface area contributed by atoms with E-state index >= 15 is 0 Å². The molecule has 1 heterocycles. The van der Waals surface area contributed by atoms with Crippen molar-refractivity contribution in [1.29, 1.82) is 0 Å². The number of carbonyl (C=O) groups excluding carboxylic acids is 1. The van der Waals surface area contributed by atoms with E-state index in [4.69, 9.17) is 14.9 Å². The smallest absolute Gasteiger partial charge is 0.267 e. The molecule has 35 heavy (non-hydrogen) atoms. The molecule has 1 aromatic heterocycles. The van der Waals surface area contributed by atoms with Crippen LogP contribution in [0.4, 0.5) is 0 Å². The van der Waals surface area contributed by atoms with E-state index in [0.717, 1.165) is 45.0 Å². The highest BCUT2D eigenvalue weighted by atomic mass is 16.5. The zero-order valence-corrected chi connectivity index (χ0v) is 18.8. The third kappa shape index (κ3) is 4.98. The number of ether oxygens (including phenoxy) is 1. The number of fused-ring (bicyclic) bond motifs is 1. The number of nitrogens with one attached hydrogen (secondary N) is 1. The second-order valence-electron chi connectivity index (χ2n) is 7.96. The molecule has 0 spiro atoms. The number of hydroxylamine groups is 1. The summed E-state index contributed by atoms with van der Waals surface area (Å²) < 4.78 is 8.07. The van der Waals surface area contributed by atoms with E-state index in [1.165, 1.54) is 6.08 Å². The minimum absolute atomic E-state index is 0.508. The van der Waals surface area contributed by atoms with Crippen molar-refractivity contribution < 1.29 is 14.7 Å². The van der Waals surface area contributed by atoms with E-state index in [-0.39, 0.29) is 0 Å². The maximum atomic E-state index is 11.4. The standard InChI is InChI=1S/C29H23N3O3/c33-28(31-34)18-13-21-9-6-10-23(19-21)29-30-26-11-4-5-12-27(26)32(29)24-14-16-25(17-15-24)35-20-22-7-2-1-3-8-22/h1-19,34H,20H2,(H,31,33). The minimum Gasteiger partial charge on any atom is -0.489 e. The number of hydrogen-bond acceptors (Lipinski definition) is 4. The molecule has 6 heteroatoms. The molecule has 2 N–H and O–H groups in total. The summed E-state index contributed by atoms with van der Waals surface area (Å²) in [7, 11) is 0. The van der Waals surface area contributed by atoms with Gasteiger partial charge in [-0.2, -0.15) is 0 Å². The molecule has 0 aliphatic carbocycles. The third-order valence-corrected chi connectivity index (χ3v) is 5.59. The van der Waals surface area contributed by atoms with Crippen molar-refractivity contribution in [3.8, 4) is 22.8 Å². The highest BCUT2D eigenvalue weighted by molar-refractivity contribution is 5.91. The van der Waals surface area contributed by atoms with Gasteiger partial charge in [-0.15, -0.1) is 0 Å². The van der Waals surface area contributed by atoms with Gasteiger partial charge in [0.25, 0.3) is 5.91 Å². The number of hydrogen-bond donors (Lipinski definition) is 2. The summed E-state index contributed by atoms with van der Waals surface area (Å²) in [5, 5.41) is 8.73. The van der Waals surface area contributed by atoms with Crippen LogP contribution in [0.3, 0.4) is 0 Å². The average molecular weight is 462 g/mol. The summed E-state index contributed by atoms with van der Waals surface area (Å²) in [6.45, 7) is 0.508. The fourth-order valence-corrected chi connectivity index (χ4v) is 3.90. The van der Waals surface area contributed by atoms with Gasteiger partial charge >= 0.3 is 0 Å². The molecule has 0 aliphatic rings. The van der Waals surface area contributed by atoms with E-state index in [9.17, 15) is 4.79 Å². The van der Waals surface area contributed by atoms with Crippen molar-refractivity contribution in [1.82, 2.24) is 15.0 Å². The van der Waals surface area contributed by atoms with Crippen LogP contribution in [0.25, 0.3) is 34.2 Å². The quantitative estimate of drug-likeness (QED) is 0.183. The molecular formula is C29H23N3O3. The average Bonchev–Trinajstić information content (AvgIpc) is 3.31. The van der Waals surface area contributed by atoms with Gasteiger partial charge in [0.2, 0.25) is 0 Å². The summed E-state index contributed by atoms with van der Waals surface area (Å²) in [5.41, 5.74) is 7.26. The number of rotatable bonds is 7. The Hall–Kier alpha value is -4.68. The van der Waals surface area contributed by atoms with Crippen LogP contribution in [-0.2, 0) is 11.4 Å². The van der Waals surface area contributed by atoms with Gasteiger partial charge in [0.15, 0.2) is 0 Å². The van der Waals surface area contributed by atoms with Gasteiger partial charge < -0.3 is 4.74 Å². The third-order valence-electron chi connectivity index (χ3n) is 5.59. The monoisotopic (exact) mass is 461 g/mol. The van der Waals surface area contributed by atoms with Crippen LogP contribution in [0.2, 0.25) is 0 Å². The highest BCUT2D eigenvalue weighted by Gasteiger charge is 2.14. The molecule has 172 valence electrons. The van der Waals surface area contributed by atoms with Crippen molar-refractivity contribution >= 4 is 23.0 Å². The zero-order valence-electron chi connectivity index (χ0n) is 18.8. The van der Waals surface area contributed by atoms with Crippen molar-refractivity contribution in [2.75, 3.05) is 0 Å². The molecular weight excluding hydrogens is 438 g/mol. The van der Waals surface area contributed by atoms with E-state index in [1.807, 2.05) is 103 Å². The van der Waals surface area contributed by atoms with Gasteiger partial charge in [-0.1, -0.05) is 60.7 Å². The molecule has 0 bridgehead atoms. The summed E-state index contributed by atoms with van der Waals surface area (Å²) in [5.74, 6) is 0.987. The predicted molar refractivity (Wildman–Crippen MR) is 136 cm³/mol. The normalized spacial score (nSPS) is 11.1. The number of imidazole rings is 1. The lowest BCUT2D eigenvalue weighted by atomic mass is 10.1. The van der Waals surface area contributed by atoms with E-state index in [1.54, 1.807) is 11.6 Å². The Bertz CT molecular complexity index is 1490. The molecule has 0 aliphatic heterocycles. The highest BCUT2D eigenvalue weighted by Crippen LogP contribution is 2.30. The minimum atomic E-state index is -0.586. The zero-order chi connectivity index (χ0) is 24.0. The Labute approximate surface area is 202 Å². The van der Waals surface area contributed by atoms with Crippen molar-refractivity contribution in [2.24, 2.45) is 0 Å². The lowest BCUT2D eigenvalue weighted by Crippen LogP contribution is -2.14. The number of aromatic nitrogens is 2. The summed E-state index contributed by atoms with van der Waals surface area (Å²) in [6.07, 6.45) is 2.91. The molecule has 6 nitrogen and oxygen atoms in total. The first kappa shape index (κ1) is 22.1. The van der Waals surface area contributed by atoms with Crippen molar-refractivity contribution in [3.63, 3.8) is 0 Å². The SMILES string of the molecule is O=C(C=Cc1cccc(-c2nc3ccccc3n2-c2ccc(OCc3ccccc3)cc2)c1)NO. The van der Waals surface area contributed by atoms with Crippen LogP contribution in [0.5, 0.6) is 5.75 Å². The van der Waals surface area contributed by atoms with Gasteiger partial charge in [-0.25, -0.2) is 10.5 Å². The molecule has 1 amide bonds. The first-order valence-corrected chi connectivity index (χ1v) is 11.2. The van der Waals surface area contributed by atoms with Crippen LogP contribution in [0.1, 0.15) is 11.1 Å². The number of carbonyl (C=O) groups is 1. The predicted octanol–water partition coefficient (Wildman–Crippen LogP) is 5.79. The first-order chi connectivity index (χ1) is 17.2. The van der Waals surface area contributed by atoms with Crippen LogP contribution in [-0.4, -0.2) is 20.7 Å².